The highest BCUT2D eigenvalue weighted by Crippen LogP contribution is 1.77. The van der Waals surface area contributed by atoms with E-state index in [1.54, 1.807) is 0 Å². The van der Waals surface area contributed by atoms with Crippen molar-refractivity contribution in [2.75, 3.05) is 6.54 Å². The lowest BCUT2D eigenvalue weighted by Crippen LogP contribution is -2.30. The van der Waals surface area contributed by atoms with Crippen LogP contribution in [0.2, 0.25) is 6.04 Å². The van der Waals surface area contributed by atoms with Gasteiger partial charge < -0.3 is 11.1 Å². The van der Waals surface area contributed by atoms with E-state index >= 15 is 0 Å². The lowest BCUT2D eigenvalue weighted by molar-refractivity contribution is 0.828. The summed E-state index contributed by atoms with van der Waals surface area (Å²) in [6.07, 6.45) is 1.14. The molecule has 4 N–H and O–H groups in total. The van der Waals surface area contributed by atoms with E-state index in [2.05, 4.69) is 5.32 Å². The minimum atomic E-state index is 0.0834. The quantitative estimate of drug-likeness (QED) is 0.192. The zero-order chi connectivity index (χ0) is 6.41. The summed E-state index contributed by atoms with van der Waals surface area (Å²) in [7, 11) is 1.25. The molecule has 0 bridgehead atoms. The fourth-order valence-corrected chi connectivity index (χ4v) is 0.753. The molecule has 0 aromatic rings. The van der Waals surface area contributed by atoms with Crippen LogP contribution in [0.5, 0.6) is 0 Å². The van der Waals surface area contributed by atoms with Crippen LogP contribution < -0.4 is 11.1 Å². The first-order chi connectivity index (χ1) is 3.77. The summed E-state index contributed by atoms with van der Waals surface area (Å²) in [5.74, 6) is 0.0834. The van der Waals surface area contributed by atoms with Crippen molar-refractivity contribution in [3.63, 3.8) is 0 Å². The molecule has 0 heterocycles. The standard InChI is InChI=1S/C4H13N3Si/c5-4(6)7-2-1-3-8/h1-3H2,8H3,(H4,5,6,7). The summed E-state index contributed by atoms with van der Waals surface area (Å²) >= 11 is 0. The second-order valence-electron chi connectivity index (χ2n) is 1.69. The Morgan fingerprint density at radius 2 is 2.38 bits per heavy atom. The second-order valence-corrected chi connectivity index (χ2v) is 2.69. The van der Waals surface area contributed by atoms with Gasteiger partial charge in [-0.05, 0) is 6.42 Å². The average Bonchev–Trinajstić information content (AvgIpc) is 1.66. The first-order valence-corrected chi connectivity index (χ1v) is 4.26. The number of rotatable bonds is 3. The predicted molar refractivity (Wildman–Crippen MR) is 39.3 cm³/mol. The van der Waals surface area contributed by atoms with Crippen LogP contribution in [0.4, 0.5) is 0 Å². The van der Waals surface area contributed by atoms with Gasteiger partial charge in [-0.25, -0.2) is 0 Å². The Balaban J connectivity index is 2.82. The molecule has 0 unspecified atom stereocenters. The Kier molecular flexibility index (Phi) is 4.34. The Labute approximate surface area is 52.6 Å². The van der Waals surface area contributed by atoms with Crippen LogP contribution >= 0.6 is 0 Å². The van der Waals surface area contributed by atoms with E-state index in [4.69, 9.17) is 11.1 Å². The molecule has 0 aromatic heterocycles. The van der Waals surface area contributed by atoms with Crippen LogP contribution in [0.15, 0.2) is 0 Å². The van der Waals surface area contributed by atoms with Crippen molar-refractivity contribution in [1.82, 2.24) is 5.32 Å². The van der Waals surface area contributed by atoms with Gasteiger partial charge in [-0.15, -0.1) is 0 Å². The van der Waals surface area contributed by atoms with Gasteiger partial charge in [-0.2, -0.15) is 0 Å². The van der Waals surface area contributed by atoms with E-state index in [1.165, 1.54) is 16.3 Å². The molecule has 0 rings (SSSR count). The first kappa shape index (κ1) is 7.49. The van der Waals surface area contributed by atoms with Gasteiger partial charge in [0.25, 0.3) is 0 Å². The molecule has 0 aliphatic heterocycles. The molecule has 0 fully saturated rings. The number of hydrogen-bond acceptors (Lipinski definition) is 1. The van der Waals surface area contributed by atoms with Crippen LogP contribution in [-0.2, 0) is 0 Å². The summed E-state index contributed by atoms with van der Waals surface area (Å²) < 4.78 is 0. The van der Waals surface area contributed by atoms with Gasteiger partial charge in [-0.3, -0.25) is 5.41 Å². The number of hydrogen-bond donors (Lipinski definition) is 3. The van der Waals surface area contributed by atoms with Crippen molar-refractivity contribution in [2.24, 2.45) is 5.73 Å². The molecule has 8 heavy (non-hydrogen) atoms. The van der Waals surface area contributed by atoms with E-state index in [-0.39, 0.29) is 5.96 Å². The van der Waals surface area contributed by atoms with Crippen LogP contribution in [0.1, 0.15) is 6.42 Å². The van der Waals surface area contributed by atoms with Gasteiger partial charge in [0.1, 0.15) is 0 Å². The zero-order valence-corrected chi connectivity index (χ0v) is 7.20. The largest absolute Gasteiger partial charge is 0.370 e. The van der Waals surface area contributed by atoms with Gasteiger partial charge in [0.2, 0.25) is 0 Å². The molecule has 0 atom stereocenters. The maximum atomic E-state index is 6.75. The van der Waals surface area contributed by atoms with Crippen LogP contribution in [0.25, 0.3) is 0 Å². The topological polar surface area (TPSA) is 61.9 Å². The lowest BCUT2D eigenvalue weighted by Gasteiger charge is -1.98. The Morgan fingerprint density at radius 3 is 2.75 bits per heavy atom. The van der Waals surface area contributed by atoms with Crippen molar-refractivity contribution in [1.29, 1.82) is 5.41 Å². The minimum Gasteiger partial charge on any atom is -0.370 e. The van der Waals surface area contributed by atoms with Crippen molar-refractivity contribution in [3.05, 3.63) is 0 Å². The molecule has 0 spiro atoms. The monoisotopic (exact) mass is 131 g/mol. The van der Waals surface area contributed by atoms with Crippen LogP contribution in [-0.4, -0.2) is 22.7 Å². The summed E-state index contributed by atoms with van der Waals surface area (Å²) in [5, 5.41) is 9.48. The molecule has 0 saturated carbocycles. The highest BCUT2D eigenvalue weighted by molar-refractivity contribution is 6.08. The Hall–Kier alpha value is -0.513. The molecule has 0 radical (unpaired) electrons. The van der Waals surface area contributed by atoms with Gasteiger partial charge >= 0.3 is 0 Å². The number of nitrogens with one attached hydrogen (secondary N) is 2. The third-order valence-electron chi connectivity index (χ3n) is 0.846. The average molecular weight is 131 g/mol. The van der Waals surface area contributed by atoms with E-state index in [9.17, 15) is 0 Å². The van der Waals surface area contributed by atoms with Gasteiger partial charge in [0, 0.05) is 16.8 Å². The highest BCUT2D eigenvalue weighted by atomic mass is 28.1. The van der Waals surface area contributed by atoms with E-state index in [1.807, 2.05) is 0 Å². The molecule has 0 aromatic carbocycles. The number of nitrogens with two attached hydrogens (primary N) is 1. The summed E-state index contributed by atoms with van der Waals surface area (Å²) in [4.78, 5) is 0. The maximum Gasteiger partial charge on any atom is 0.185 e. The predicted octanol–water partition coefficient (Wildman–Crippen LogP) is -1.36. The fraction of sp³-hybridized carbons (Fsp3) is 0.750. The highest BCUT2D eigenvalue weighted by Gasteiger charge is 1.82. The molecule has 48 valence electrons. The van der Waals surface area contributed by atoms with Gasteiger partial charge in [-0.1, -0.05) is 6.04 Å². The van der Waals surface area contributed by atoms with Crippen molar-refractivity contribution >= 4 is 16.2 Å². The smallest absolute Gasteiger partial charge is 0.185 e. The molecule has 4 heteroatoms. The van der Waals surface area contributed by atoms with E-state index in [0.29, 0.717) is 0 Å². The zero-order valence-electron chi connectivity index (χ0n) is 5.20. The second kappa shape index (κ2) is 4.64. The third-order valence-corrected chi connectivity index (χ3v) is 1.55. The lowest BCUT2D eigenvalue weighted by atomic mass is 10.5. The minimum absolute atomic E-state index is 0.0834. The Bertz CT molecular complexity index is 73.7. The summed E-state index contributed by atoms with van der Waals surface area (Å²) in [6.45, 7) is 0.860. The molecular weight excluding hydrogens is 118 g/mol. The Morgan fingerprint density at radius 1 is 1.75 bits per heavy atom. The van der Waals surface area contributed by atoms with Gasteiger partial charge in [0.05, 0.1) is 0 Å². The van der Waals surface area contributed by atoms with Crippen molar-refractivity contribution in [2.45, 2.75) is 12.5 Å². The van der Waals surface area contributed by atoms with E-state index < -0.39 is 0 Å². The molecule has 3 nitrogen and oxygen atoms in total. The SMILES string of the molecule is N=C(N)NCCC[SiH3]. The van der Waals surface area contributed by atoms with Crippen molar-refractivity contribution < 1.29 is 0 Å². The molecule has 0 saturated heterocycles. The van der Waals surface area contributed by atoms with Crippen molar-refractivity contribution in [3.8, 4) is 0 Å². The fourth-order valence-electron chi connectivity index (χ4n) is 0.400. The normalized spacial score (nSPS) is 9.00. The van der Waals surface area contributed by atoms with E-state index in [0.717, 1.165) is 13.0 Å². The molecule has 0 amide bonds. The van der Waals surface area contributed by atoms with Crippen LogP contribution in [0, 0.1) is 5.41 Å². The third kappa shape index (κ3) is 5.49. The first-order valence-electron chi connectivity index (χ1n) is 2.85. The maximum absolute atomic E-state index is 6.75. The molecular formula is C4H13N3Si. The molecule has 0 aliphatic carbocycles. The number of guanidine groups is 1. The van der Waals surface area contributed by atoms with Gasteiger partial charge in [0.15, 0.2) is 5.96 Å². The molecule has 0 aliphatic rings. The summed E-state index contributed by atoms with van der Waals surface area (Å²) in [5.41, 5.74) is 5.02. The summed E-state index contributed by atoms with van der Waals surface area (Å²) in [6, 6.07) is 1.28. The van der Waals surface area contributed by atoms with Crippen LogP contribution in [0.3, 0.4) is 0 Å².